The van der Waals surface area contributed by atoms with E-state index in [1.807, 2.05) is 18.2 Å². The van der Waals surface area contributed by atoms with E-state index in [-0.39, 0.29) is 24.0 Å². The molecule has 0 atom stereocenters. The third-order valence-electron chi connectivity index (χ3n) is 5.02. The Morgan fingerprint density at radius 2 is 1.93 bits per heavy atom. The summed E-state index contributed by atoms with van der Waals surface area (Å²) < 4.78 is 0. The van der Waals surface area contributed by atoms with Gasteiger partial charge in [-0.05, 0) is 48.6 Å². The van der Waals surface area contributed by atoms with Gasteiger partial charge in [0.1, 0.15) is 0 Å². The van der Waals surface area contributed by atoms with Crippen LogP contribution in [0.25, 0.3) is 0 Å². The number of nitrogens with one attached hydrogen (secondary N) is 1. The van der Waals surface area contributed by atoms with Gasteiger partial charge in [-0.1, -0.05) is 18.2 Å². The molecule has 0 aliphatic carbocycles. The van der Waals surface area contributed by atoms with Crippen LogP contribution >= 0.6 is 24.0 Å². The molecule has 3 rings (SSSR count). The van der Waals surface area contributed by atoms with Gasteiger partial charge in [0.2, 0.25) is 0 Å². The zero-order chi connectivity index (χ0) is 18.9. The molecule has 0 amide bonds. The van der Waals surface area contributed by atoms with Gasteiger partial charge in [-0.15, -0.1) is 24.0 Å². The minimum atomic E-state index is 0. The first-order chi connectivity index (χ1) is 13.2. The number of halogens is 1. The average Bonchev–Trinajstić information content (AvgIpc) is 2.73. The number of rotatable bonds is 7. The molecule has 0 spiro atoms. The highest BCUT2D eigenvalue weighted by Gasteiger charge is 2.18. The second-order valence-corrected chi connectivity index (χ2v) is 6.98. The highest BCUT2D eigenvalue weighted by Crippen LogP contribution is 2.23. The first kappa shape index (κ1) is 22.4. The molecule has 1 aromatic heterocycles. The van der Waals surface area contributed by atoms with Crippen molar-refractivity contribution in [2.24, 2.45) is 16.6 Å². The standard InChI is InChI=1S/C21H29N5O.HI/c22-21(24-12-8-19-3-1-2-11-23-19)25-15-17-4-6-20(7-5-17)26-13-9-18(16-27)10-14-26;/h1-7,11,18,27H,8-10,12-16H2,(H3,22,24,25);1H. The number of anilines is 1. The Morgan fingerprint density at radius 1 is 1.18 bits per heavy atom. The third kappa shape index (κ3) is 6.94. The molecule has 0 radical (unpaired) electrons. The molecule has 152 valence electrons. The number of nitrogens with two attached hydrogens (primary N) is 1. The maximum Gasteiger partial charge on any atom is 0.188 e. The fourth-order valence-electron chi connectivity index (χ4n) is 3.28. The maximum absolute atomic E-state index is 9.25. The van der Waals surface area contributed by atoms with E-state index in [4.69, 9.17) is 5.73 Å². The highest BCUT2D eigenvalue weighted by molar-refractivity contribution is 14.0. The number of pyridine rings is 1. The summed E-state index contributed by atoms with van der Waals surface area (Å²) in [4.78, 5) is 11.1. The Kier molecular flexibility index (Phi) is 9.49. The molecule has 1 aliphatic rings. The lowest BCUT2D eigenvalue weighted by Gasteiger charge is -2.32. The van der Waals surface area contributed by atoms with Crippen LogP contribution in [0, 0.1) is 5.92 Å². The van der Waals surface area contributed by atoms with E-state index < -0.39 is 0 Å². The van der Waals surface area contributed by atoms with Crippen molar-refractivity contribution in [3.8, 4) is 0 Å². The minimum Gasteiger partial charge on any atom is -0.396 e. The zero-order valence-corrected chi connectivity index (χ0v) is 18.5. The summed E-state index contributed by atoms with van der Waals surface area (Å²) in [7, 11) is 0. The van der Waals surface area contributed by atoms with Crippen LogP contribution in [-0.4, -0.2) is 42.3 Å². The molecule has 28 heavy (non-hydrogen) atoms. The van der Waals surface area contributed by atoms with E-state index in [2.05, 4.69) is 44.5 Å². The van der Waals surface area contributed by atoms with Crippen molar-refractivity contribution in [2.45, 2.75) is 25.8 Å². The Morgan fingerprint density at radius 3 is 2.57 bits per heavy atom. The fraction of sp³-hybridized carbons (Fsp3) is 0.429. The largest absolute Gasteiger partial charge is 0.396 e. The zero-order valence-electron chi connectivity index (χ0n) is 16.1. The van der Waals surface area contributed by atoms with Crippen molar-refractivity contribution >= 4 is 35.6 Å². The van der Waals surface area contributed by atoms with Crippen LogP contribution in [0.1, 0.15) is 24.1 Å². The predicted octanol–water partition coefficient (Wildman–Crippen LogP) is 2.56. The molecule has 1 fully saturated rings. The molecular weight excluding hydrogens is 465 g/mol. The summed E-state index contributed by atoms with van der Waals surface area (Å²) in [6.45, 7) is 3.61. The smallest absolute Gasteiger partial charge is 0.188 e. The van der Waals surface area contributed by atoms with Crippen LogP contribution in [0.5, 0.6) is 0 Å². The van der Waals surface area contributed by atoms with Gasteiger partial charge in [0, 0.05) is 50.2 Å². The third-order valence-corrected chi connectivity index (χ3v) is 5.02. The quantitative estimate of drug-likeness (QED) is 0.312. The molecule has 2 heterocycles. The Labute approximate surface area is 184 Å². The molecule has 0 unspecified atom stereocenters. The molecule has 0 bridgehead atoms. The summed E-state index contributed by atoms with van der Waals surface area (Å²) in [5.41, 5.74) is 9.36. The van der Waals surface area contributed by atoms with Gasteiger partial charge < -0.3 is 21.1 Å². The Hall–Kier alpha value is -1.87. The van der Waals surface area contributed by atoms with Crippen molar-refractivity contribution in [3.63, 3.8) is 0 Å². The molecule has 1 saturated heterocycles. The van der Waals surface area contributed by atoms with Crippen molar-refractivity contribution in [2.75, 3.05) is 31.1 Å². The van der Waals surface area contributed by atoms with E-state index >= 15 is 0 Å². The van der Waals surface area contributed by atoms with Crippen LogP contribution < -0.4 is 16.0 Å². The minimum absolute atomic E-state index is 0. The number of guanidine groups is 1. The van der Waals surface area contributed by atoms with Crippen molar-refractivity contribution in [1.29, 1.82) is 0 Å². The summed E-state index contributed by atoms with van der Waals surface area (Å²) in [6, 6.07) is 14.4. The predicted molar refractivity (Wildman–Crippen MR) is 125 cm³/mol. The summed E-state index contributed by atoms with van der Waals surface area (Å²) in [5, 5.41) is 12.4. The lowest BCUT2D eigenvalue weighted by atomic mass is 9.97. The number of aliphatic hydroxyl groups excluding tert-OH is 1. The van der Waals surface area contributed by atoms with Gasteiger partial charge in [0.25, 0.3) is 0 Å². The summed E-state index contributed by atoms with van der Waals surface area (Å²) >= 11 is 0. The Bertz CT molecular complexity index is 715. The van der Waals surface area contributed by atoms with E-state index in [9.17, 15) is 5.11 Å². The number of aromatic nitrogens is 1. The second kappa shape index (κ2) is 11.9. The highest BCUT2D eigenvalue weighted by atomic mass is 127. The van der Waals surface area contributed by atoms with E-state index in [0.29, 0.717) is 25.0 Å². The maximum atomic E-state index is 9.25. The number of nitrogens with zero attached hydrogens (tertiary/aromatic N) is 3. The molecule has 6 nitrogen and oxygen atoms in total. The monoisotopic (exact) mass is 495 g/mol. The summed E-state index contributed by atoms with van der Waals surface area (Å²) in [6.07, 6.45) is 4.73. The van der Waals surface area contributed by atoms with Crippen LogP contribution in [0.3, 0.4) is 0 Å². The molecule has 1 aromatic carbocycles. The number of aliphatic imine (C=N–C) groups is 1. The van der Waals surface area contributed by atoms with Crippen LogP contribution in [0.15, 0.2) is 53.7 Å². The average molecular weight is 495 g/mol. The first-order valence-electron chi connectivity index (χ1n) is 9.63. The van der Waals surface area contributed by atoms with Gasteiger partial charge in [-0.25, -0.2) is 4.99 Å². The number of piperidine rings is 1. The summed E-state index contributed by atoms with van der Waals surface area (Å²) in [5.74, 6) is 0.920. The molecule has 0 saturated carbocycles. The number of aliphatic hydroxyl groups is 1. The molecule has 7 heteroatoms. The van der Waals surface area contributed by atoms with Crippen LogP contribution in [-0.2, 0) is 13.0 Å². The van der Waals surface area contributed by atoms with E-state index in [1.165, 1.54) is 5.69 Å². The lowest BCUT2D eigenvalue weighted by molar-refractivity contribution is 0.203. The second-order valence-electron chi connectivity index (χ2n) is 6.98. The Balaban J connectivity index is 0.00000280. The van der Waals surface area contributed by atoms with Crippen molar-refractivity contribution < 1.29 is 5.11 Å². The van der Waals surface area contributed by atoms with Gasteiger partial charge in [0.15, 0.2) is 5.96 Å². The molecule has 4 N–H and O–H groups in total. The van der Waals surface area contributed by atoms with Gasteiger partial charge >= 0.3 is 0 Å². The topological polar surface area (TPSA) is 86.8 Å². The molecule has 1 aliphatic heterocycles. The van der Waals surface area contributed by atoms with Crippen LogP contribution in [0.2, 0.25) is 0 Å². The fourth-order valence-corrected chi connectivity index (χ4v) is 3.28. The first-order valence-corrected chi connectivity index (χ1v) is 9.63. The normalized spacial score (nSPS) is 15.2. The van der Waals surface area contributed by atoms with Gasteiger partial charge in [-0.2, -0.15) is 0 Å². The van der Waals surface area contributed by atoms with Gasteiger partial charge in [-0.3, -0.25) is 4.98 Å². The number of hydrogen-bond donors (Lipinski definition) is 3. The lowest BCUT2D eigenvalue weighted by Crippen LogP contribution is -2.34. The van der Waals surface area contributed by atoms with E-state index in [1.54, 1.807) is 6.20 Å². The van der Waals surface area contributed by atoms with Gasteiger partial charge in [0.05, 0.1) is 6.54 Å². The SMILES string of the molecule is I.NC(=NCc1ccc(N2CCC(CO)CC2)cc1)NCCc1ccccn1. The number of benzene rings is 1. The van der Waals surface area contributed by atoms with Crippen molar-refractivity contribution in [3.05, 3.63) is 59.9 Å². The molecule has 2 aromatic rings. The van der Waals surface area contributed by atoms with Crippen LogP contribution in [0.4, 0.5) is 5.69 Å². The van der Waals surface area contributed by atoms with Crippen molar-refractivity contribution in [1.82, 2.24) is 10.3 Å². The van der Waals surface area contributed by atoms with E-state index in [0.717, 1.165) is 50.2 Å². The number of hydrogen-bond acceptors (Lipinski definition) is 4. The molecular formula is C21H30IN5O.